The van der Waals surface area contributed by atoms with Gasteiger partial charge >= 0.3 is 5.97 Å². The fourth-order valence-electron chi connectivity index (χ4n) is 2.36. The Morgan fingerprint density at radius 1 is 1.15 bits per heavy atom. The summed E-state index contributed by atoms with van der Waals surface area (Å²) in [4.78, 5) is 23.4. The number of amides is 1. The van der Waals surface area contributed by atoms with E-state index in [2.05, 4.69) is 5.32 Å². The Hall–Kier alpha value is -2.96. The van der Waals surface area contributed by atoms with Crippen molar-refractivity contribution in [2.75, 3.05) is 13.2 Å². The number of ether oxygens (including phenoxy) is 2. The number of aryl methyl sites for hydroxylation is 1. The Morgan fingerprint density at radius 3 is 2.54 bits per heavy atom. The summed E-state index contributed by atoms with van der Waals surface area (Å²) in [6, 6.07) is 6.39. The van der Waals surface area contributed by atoms with Gasteiger partial charge in [-0.25, -0.2) is 4.79 Å². The molecule has 0 unspecified atom stereocenters. The fourth-order valence-corrected chi connectivity index (χ4v) is 2.36. The molecule has 1 aromatic heterocycles. The molecule has 140 valence electrons. The molecule has 0 atom stereocenters. The largest absolute Gasteiger partial charge is 0.490 e. The summed E-state index contributed by atoms with van der Waals surface area (Å²) in [5.74, 6) is 0.402. The summed E-state index contributed by atoms with van der Waals surface area (Å²) in [6.07, 6.45) is 0.870. The zero-order chi connectivity index (χ0) is 19.1. The predicted molar refractivity (Wildman–Crippen MR) is 95.0 cm³/mol. The lowest BCUT2D eigenvalue weighted by atomic mass is 10.2. The second-order valence-corrected chi connectivity index (χ2v) is 5.61. The van der Waals surface area contributed by atoms with Crippen LogP contribution in [0.1, 0.15) is 52.5 Å². The molecule has 0 bridgehead atoms. The molecule has 0 saturated carbocycles. The molecule has 26 heavy (non-hydrogen) atoms. The van der Waals surface area contributed by atoms with Crippen LogP contribution in [0.2, 0.25) is 0 Å². The first-order chi connectivity index (χ1) is 12.5. The number of rotatable bonds is 9. The minimum Gasteiger partial charge on any atom is -0.490 e. The maximum atomic E-state index is 12.4. The summed E-state index contributed by atoms with van der Waals surface area (Å²) in [5.41, 5.74) is 0.504. The molecule has 7 nitrogen and oxygen atoms in total. The molecule has 2 N–H and O–H groups in total. The van der Waals surface area contributed by atoms with Crippen LogP contribution in [0.3, 0.4) is 0 Å². The molecule has 1 aromatic carbocycles. The molecule has 1 amide bonds. The van der Waals surface area contributed by atoms with E-state index >= 15 is 0 Å². The molecule has 0 radical (unpaired) electrons. The van der Waals surface area contributed by atoms with Crippen LogP contribution >= 0.6 is 0 Å². The molecule has 0 spiro atoms. The zero-order valence-corrected chi connectivity index (χ0v) is 15.1. The molecular weight excluding hydrogens is 338 g/mol. The number of aromatic carboxylic acids is 1. The number of hydrogen-bond acceptors (Lipinski definition) is 5. The number of nitrogens with one attached hydrogen (secondary N) is 1. The summed E-state index contributed by atoms with van der Waals surface area (Å²) >= 11 is 0. The maximum Gasteiger partial charge on any atom is 0.339 e. The van der Waals surface area contributed by atoms with E-state index in [4.69, 9.17) is 19.0 Å². The van der Waals surface area contributed by atoms with Gasteiger partial charge in [0.1, 0.15) is 17.1 Å². The number of carbonyl (C=O) groups is 2. The topological polar surface area (TPSA) is 98.0 Å². The number of carbonyl (C=O) groups excluding carboxylic acids is 1. The Labute approximate surface area is 151 Å². The van der Waals surface area contributed by atoms with Gasteiger partial charge in [0.15, 0.2) is 11.5 Å². The Balaban J connectivity index is 2.07. The normalized spacial score (nSPS) is 10.4. The Kier molecular flexibility index (Phi) is 6.66. The molecule has 0 aliphatic rings. The molecule has 1 heterocycles. The first kappa shape index (κ1) is 19.4. The number of benzene rings is 1. The van der Waals surface area contributed by atoms with E-state index in [0.29, 0.717) is 41.8 Å². The second-order valence-electron chi connectivity index (χ2n) is 5.61. The van der Waals surface area contributed by atoms with E-state index in [-0.39, 0.29) is 18.0 Å². The predicted octanol–water partition coefficient (Wildman–Crippen LogP) is 3.40. The third kappa shape index (κ3) is 4.78. The van der Waals surface area contributed by atoms with Gasteiger partial charge in [-0.2, -0.15) is 0 Å². The lowest BCUT2D eigenvalue weighted by molar-refractivity contribution is 0.0694. The van der Waals surface area contributed by atoms with Crippen LogP contribution in [0.25, 0.3) is 0 Å². The third-order valence-corrected chi connectivity index (χ3v) is 3.59. The first-order valence-corrected chi connectivity index (χ1v) is 8.46. The van der Waals surface area contributed by atoms with Crippen LogP contribution in [0.15, 0.2) is 28.7 Å². The third-order valence-electron chi connectivity index (χ3n) is 3.59. The lowest BCUT2D eigenvalue weighted by Gasteiger charge is -2.13. The van der Waals surface area contributed by atoms with Crippen molar-refractivity contribution in [1.29, 1.82) is 0 Å². The molecule has 0 saturated heterocycles. The van der Waals surface area contributed by atoms with Crippen LogP contribution in [-0.4, -0.2) is 30.2 Å². The maximum absolute atomic E-state index is 12.4. The minimum absolute atomic E-state index is 0.0882. The van der Waals surface area contributed by atoms with Crippen molar-refractivity contribution >= 4 is 11.9 Å². The van der Waals surface area contributed by atoms with Gasteiger partial charge in [0.2, 0.25) is 0 Å². The quantitative estimate of drug-likeness (QED) is 0.710. The highest BCUT2D eigenvalue weighted by Crippen LogP contribution is 2.28. The SMILES string of the molecule is CCCOc1ccc(C(=O)NCc2cc(C(=O)O)c(C)o2)cc1OCC. The summed E-state index contributed by atoms with van der Waals surface area (Å²) in [5, 5.41) is 11.7. The van der Waals surface area contributed by atoms with Crippen LogP contribution in [-0.2, 0) is 6.54 Å². The zero-order valence-electron chi connectivity index (χ0n) is 15.1. The molecule has 2 aromatic rings. The Morgan fingerprint density at radius 2 is 1.92 bits per heavy atom. The van der Waals surface area contributed by atoms with E-state index in [1.165, 1.54) is 6.07 Å². The summed E-state index contributed by atoms with van der Waals surface area (Å²) in [7, 11) is 0. The Bertz CT molecular complexity index is 780. The van der Waals surface area contributed by atoms with Crippen LogP contribution in [0.5, 0.6) is 11.5 Å². The number of hydrogen-bond donors (Lipinski definition) is 2. The number of furan rings is 1. The van der Waals surface area contributed by atoms with Crippen molar-refractivity contribution in [1.82, 2.24) is 5.32 Å². The molecule has 0 fully saturated rings. The highest BCUT2D eigenvalue weighted by atomic mass is 16.5. The van der Waals surface area contributed by atoms with Gasteiger partial charge in [-0.05, 0) is 44.5 Å². The molecule has 0 aliphatic heterocycles. The highest BCUT2D eigenvalue weighted by molar-refractivity contribution is 5.95. The van der Waals surface area contributed by atoms with Gasteiger partial charge in [-0.3, -0.25) is 4.79 Å². The summed E-state index contributed by atoms with van der Waals surface area (Å²) in [6.45, 7) is 6.54. The monoisotopic (exact) mass is 361 g/mol. The highest BCUT2D eigenvalue weighted by Gasteiger charge is 2.15. The van der Waals surface area contributed by atoms with E-state index < -0.39 is 5.97 Å². The average molecular weight is 361 g/mol. The smallest absolute Gasteiger partial charge is 0.339 e. The van der Waals surface area contributed by atoms with Gasteiger partial charge in [0, 0.05) is 5.56 Å². The van der Waals surface area contributed by atoms with Gasteiger partial charge < -0.3 is 24.3 Å². The number of carboxylic acids is 1. The molecular formula is C19H23NO6. The van der Waals surface area contributed by atoms with E-state index in [9.17, 15) is 9.59 Å². The second kappa shape index (κ2) is 8.94. The van der Waals surface area contributed by atoms with Gasteiger partial charge in [0.05, 0.1) is 19.8 Å². The fraction of sp³-hybridized carbons (Fsp3) is 0.368. The first-order valence-electron chi connectivity index (χ1n) is 8.46. The van der Waals surface area contributed by atoms with E-state index in [0.717, 1.165) is 6.42 Å². The van der Waals surface area contributed by atoms with Crippen molar-refractivity contribution in [3.63, 3.8) is 0 Å². The molecule has 2 rings (SSSR count). The van der Waals surface area contributed by atoms with Crippen molar-refractivity contribution in [2.24, 2.45) is 0 Å². The van der Waals surface area contributed by atoms with E-state index in [1.54, 1.807) is 25.1 Å². The van der Waals surface area contributed by atoms with Crippen molar-refractivity contribution in [2.45, 2.75) is 33.7 Å². The van der Waals surface area contributed by atoms with Crippen molar-refractivity contribution in [3.8, 4) is 11.5 Å². The van der Waals surface area contributed by atoms with Crippen LogP contribution < -0.4 is 14.8 Å². The minimum atomic E-state index is -1.06. The molecule has 0 aliphatic carbocycles. The van der Waals surface area contributed by atoms with E-state index in [1.807, 2.05) is 13.8 Å². The van der Waals surface area contributed by atoms with Crippen molar-refractivity contribution in [3.05, 3.63) is 46.9 Å². The van der Waals surface area contributed by atoms with Gasteiger partial charge in [-0.15, -0.1) is 0 Å². The average Bonchev–Trinajstić information content (AvgIpc) is 3.00. The van der Waals surface area contributed by atoms with Crippen LogP contribution in [0, 0.1) is 6.92 Å². The van der Waals surface area contributed by atoms with Gasteiger partial charge in [-0.1, -0.05) is 6.92 Å². The van der Waals surface area contributed by atoms with Gasteiger partial charge in [0.25, 0.3) is 5.91 Å². The molecule has 7 heteroatoms. The van der Waals surface area contributed by atoms with Crippen molar-refractivity contribution < 1.29 is 28.6 Å². The van der Waals surface area contributed by atoms with Crippen LogP contribution in [0.4, 0.5) is 0 Å². The number of carboxylic acid groups (broad SMARTS) is 1. The standard InChI is InChI=1S/C19H23NO6/c1-4-8-25-16-7-6-13(9-17(16)24-5-2)18(21)20-11-14-10-15(19(22)23)12(3)26-14/h6-7,9-10H,4-5,8,11H2,1-3H3,(H,20,21)(H,22,23). The lowest BCUT2D eigenvalue weighted by Crippen LogP contribution is -2.22. The summed E-state index contributed by atoms with van der Waals surface area (Å²) < 4.78 is 16.5.